The largest absolute Gasteiger partial charge is 0.353 e. The summed E-state index contributed by atoms with van der Waals surface area (Å²) in [7, 11) is 0. The van der Waals surface area contributed by atoms with E-state index in [0.29, 0.717) is 38.5 Å². The Morgan fingerprint density at radius 2 is 1.79 bits per heavy atom. The number of nitrogens with zero attached hydrogens (tertiary/aromatic N) is 2. The molecule has 0 spiro atoms. The van der Waals surface area contributed by atoms with Crippen LogP contribution >= 0.6 is 0 Å². The normalized spacial score (nSPS) is 20.9. The Labute approximate surface area is 169 Å². The van der Waals surface area contributed by atoms with Crippen LogP contribution in [0, 0.1) is 17.6 Å². The standard InChI is InChI=1S/C21H27F2N3O3/c1-21(2,3)26-12-13(10-18(26)27)19(28)24-15-6-8-25(9-7-15)20(29)16-5-4-14(22)11-17(16)23/h4-5,11,13,15H,6-10,12H2,1-3H3,(H,24,28). The Hall–Kier alpha value is -2.51. The van der Waals surface area contributed by atoms with E-state index in [9.17, 15) is 23.2 Å². The van der Waals surface area contributed by atoms with Gasteiger partial charge in [-0.15, -0.1) is 0 Å². The van der Waals surface area contributed by atoms with Crippen molar-refractivity contribution in [2.75, 3.05) is 19.6 Å². The third-order valence-corrected chi connectivity index (χ3v) is 5.60. The van der Waals surface area contributed by atoms with Gasteiger partial charge in [-0.25, -0.2) is 8.78 Å². The summed E-state index contributed by atoms with van der Waals surface area (Å²) in [6.45, 7) is 7.00. The molecular formula is C21H27F2N3O3. The van der Waals surface area contributed by atoms with Gasteiger partial charge in [0.15, 0.2) is 0 Å². The number of amides is 3. The van der Waals surface area contributed by atoms with Gasteiger partial charge in [0.05, 0.1) is 11.5 Å². The maximum Gasteiger partial charge on any atom is 0.256 e. The van der Waals surface area contributed by atoms with E-state index in [1.165, 1.54) is 4.90 Å². The minimum atomic E-state index is -0.875. The molecule has 0 aliphatic carbocycles. The van der Waals surface area contributed by atoms with Gasteiger partial charge in [0.2, 0.25) is 11.8 Å². The molecule has 3 amide bonds. The smallest absolute Gasteiger partial charge is 0.256 e. The lowest BCUT2D eigenvalue weighted by Crippen LogP contribution is -2.48. The number of benzene rings is 1. The molecule has 0 aromatic heterocycles. The number of nitrogens with one attached hydrogen (secondary N) is 1. The number of hydrogen-bond acceptors (Lipinski definition) is 3. The molecular weight excluding hydrogens is 380 g/mol. The topological polar surface area (TPSA) is 69.7 Å². The summed E-state index contributed by atoms with van der Waals surface area (Å²) >= 11 is 0. The van der Waals surface area contributed by atoms with Gasteiger partial charge >= 0.3 is 0 Å². The average molecular weight is 407 g/mol. The molecule has 0 saturated carbocycles. The zero-order valence-electron chi connectivity index (χ0n) is 17.0. The summed E-state index contributed by atoms with van der Waals surface area (Å²) in [5.41, 5.74) is -0.464. The predicted molar refractivity (Wildman–Crippen MR) is 103 cm³/mol. The van der Waals surface area contributed by atoms with Gasteiger partial charge in [0.1, 0.15) is 11.6 Å². The second-order valence-electron chi connectivity index (χ2n) is 8.78. The van der Waals surface area contributed by atoms with E-state index >= 15 is 0 Å². The first-order valence-corrected chi connectivity index (χ1v) is 9.91. The highest BCUT2D eigenvalue weighted by atomic mass is 19.1. The highest BCUT2D eigenvalue weighted by Gasteiger charge is 2.40. The summed E-state index contributed by atoms with van der Waals surface area (Å²) in [5.74, 6) is -2.60. The number of carbonyl (C=O) groups is 3. The van der Waals surface area contributed by atoms with Crippen LogP contribution in [0.25, 0.3) is 0 Å². The zero-order valence-corrected chi connectivity index (χ0v) is 17.0. The van der Waals surface area contributed by atoms with Crippen molar-refractivity contribution in [1.82, 2.24) is 15.1 Å². The molecule has 2 heterocycles. The van der Waals surface area contributed by atoms with Crippen molar-refractivity contribution in [2.24, 2.45) is 5.92 Å². The number of halogens is 2. The quantitative estimate of drug-likeness (QED) is 0.836. The summed E-state index contributed by atoms with van der Waals surface area (Å²) in [4.78, 5) is 40.5. The van der Waals surface area contributed by atoms with Gasteiger partial charge in [0.25, 0.3) is 5.91 Å². The van der Waals surface area contributed by atoms with Gasteiger partial charge in [-0.05, 0) is 45.7 Å². The predicted octanol–water partition coefficient (Wildman–Crippen LogP) is 2.33. The second-order valence-corrected chi connectivity index (χ2v) is 8.78. The van der Waals surface area contributed by atoms with Crippen molar-refractivity contribution in [2.45, 2.75) is 51.6 Å². The van der Waals surface area contributed by atoms with E-state index in [2.05, 4.69) is 5.32 Å². The van der Waals surface area contributed by atoms with Gasteiger partial charge in [-0.3, -0.25) is 14.4 Å². The molecule has 0 bridgehead atoms. The van der Waals surface area contributed by atoms with Gasteiger partial charge in [-0.2, -0.15) is 0 Å². The van der Waals surface area contributed by atoms with Gasteiger partial charge in [0, 0.05) is 43.7 Å². The molecule has 2 fully saturated rings. The SMILES string of the molecule is CC(C)(C)N1CC(C(=O)NC2CCN(C(=O)c3ccc(F)cc3F)CC2)CC1=O. The van der Waals surface area contributed by atoms with Crippen LogP contribution in [0.3, 0.4) is 0 Å². The van der Waals surface area contributed by atoms with E-state index in [4.69, 9.17) is 0 Å². The van der Waals surface area contributed by atoms with E-state index in [1.807, 2.05) is 20.8 Å². The first-order chi connectivity index (χ1) is 13.6. The van der Waals surface area contributed by atoms with Crippen molar-refractivity contribution in [1.29, 1.82) is 0 Å². The van der Waals surface area contributed by atoms with Crippen LogP contribution in [0.4, 0.5) is 8.78 Å². The van der Waals surface area contributed by atoms with Crippen LogP contribution in [-0.2, 0) is 9.59 Å². The van der Waals surface area contributed by atoms with Gasteiger partial charge in [-0.1, -0.05) is 0 Å². The van der Waals surface area contributed by atoms with Crippen LogP contribution in [0.15, 0.2) is 18.2 Å². The molecule has 2 saturated heterocycles. The molecule has 2 aliphatic rings. The van der Waals surface area contributed by atoms with Crippen LogP contribution in [0.5, 0.6) is 0 Å². The zero-order chi connectivity index (χ0) is 21.3. The first kappa shape index (κ1) is 21.2. The molecule has 2 aliphatic heterocycles. The Kier molecular flexibility index (Phi) is 5.91. The number of carbonyl (C=O) groups excluding carboxylic acids is 3. The van der Waals surface area contributed by atoms with Crippen LogP contribution in [0.2, 0.25) is 0 Å². The highest BCUT2D eigenvalue weighted by Crippen LogP contribution is 2.26. The fourth-order valence-corrected chi connectivity index (χ4v) is 3.91. The molecule has 158 valence electrons. The van der Waals surface area contributed by atoms with E-state index in [1.54, 1.807) is 4.90 Å². The average Bonchev–Trinajstić information content (AvgIpc) is 3.04. The number of likely N-dealkylation sites (tertiary alicyclic amines) is 2. The molecule has 1 atom stereocenters. The van der Waals surface area contributed by atoms with Crippen LogP contribution in [0.1, 0.15) is 50.4 Å². The lowest BCUT2D eigenvalue weighted by Gasteiger charge is -2.33. The third-order valence-electron chi connectivity index (χ3n) is 5.60. The Balaban J connectivity index is 1.52. The summed E-state index contributed by atoms with van der Waals surface area (Å²) < 4.78 is 26.9. The summed E-state index contributed by atoms with van der Waals surface area (Å²) in [6, 6.07) is 2.82. The molecule has 1 aromatic rings. The number of piperidine rings is 1. The molecule has 8 heteroatoms. The maximum absolute atomic E-state index is 13.8. The van der Waals surface area contributed by atoms with Crippen molar-refractivity contribution >= 4 is 17.7 Å². The minimum absolute atomic E-state index is 0.0145. The van der Waals surface area contributed by atoms with Crippen molar-refractivity contribution in [3.63, 3.8) is 0 Å². The summed E-state index contributed by atoms with van der Waals surface area (Å²) in [5, 5.41) is 2.99. The van der Waals surface area contributed by atoms with Crippen molar-refractivity contribution in [3.8, 4) is 0 Å². The molecule has 1 unspecified atom stereocenters. The van der Waals surface area contributed by atoms with Gasteiger partial charge < -0.3 is 15.1 Å². The molecule has 6 nitrogen and oxygen atoms in total. The monoisotopic (exact) mass is 407 g/mol. The Bertz CT molecular complexity index is 814. The second kappa shape index (κ2) is 8.08. The van der Waals surface area contributed by atoms with E-state index in [-0.39, 0.29) is 41.3 Å². The van der Waals surface area contributed by atoms with Crippen molar-refractivity contribution < 1.29 is 23.2 Å². The van der Waals surface area contributed by atoms with E-state index < -0.39 is 17.5 Å². The maximum atomic E-state index is 13.8. The van der Waals surface area contributed by atoms with Crippen molar-refractivity contribution in [3.05, 3.63) is 35.4 Å². The lowest BCUT2D eigenvalue weighted by atomic mass is 10.0. The Morgan fingerprint density at radius 3 is 2.34 bits per heavy atom. The third kappa shape index (κ3) is 4.74. The fraction of sp³-hybridized carbons (Fsp3) is 0.571. The fourth-order valence-electron chi connectivity index (χ4n) is 3.91. The highest BCUT2D eigenvalue weighted by molar-refractivity contribution is 5.94. The summed E-state index contributed by atoms with van der Waals surface area (Å²) in [6.07, 6.45) is 1.30. The number of rotatable bonds is 3. The first-order valence-electron chi connectivity index (χ1n) is 9.91. The lowest BCUT2D eigenvalue weighted by molar-refractivity contribution is -0.132. The van der Waals surface area contributed by atoms with E-state index in [0.717, 1.165) is 12.1 Å². The molecule has 29 heavy (non-hydrogen) atoms. The van der Waals surface area contributed by atoms with Crippen LogP contribution < -0.4 is 5.32 Å². The molecule has 1 aromatic carbocycles. The van der Waals surface area contributed by atoms with Crippen LogP contribution in [-0.4, -0.2) is 58.7 Å². The number of hydrogen-bond donors (Lipinski definition) is 1. The molecule has 0 radical (unpaired) electrons. The Morgan fingerprint density at radius 1 is 1.14 bits per heavy atom. The molecule has 3 rings (SSSR count). The minimum Gasteiger partial charge on any atom is -0.353 e. The molecule has 1 N–H and O–H groups in total.